The summed E-state index contributed by atoms with van der Waals surface area (Å²) in [7, 11) is 3.93. The van der Waals surface area contributed by atoms with Crippen molar-refractivity contribution in [1.29, 1.82) is 5.26 Å². The van der Waals surface area contributed by atoms with E-state index in [4.69, 9.17) is 0 Å². The number of thioether (sulfide) groups is 1. The Morgan fingerprint density at radius 1 is 1.40 bits per heavy atom. The van der Waals surface area contributed by atoms with Gasteiger partial charge in [-0.1, -0.05) is 23.1 Å². The van der Waals surface area contributed by atoms with Gasteiger partial charge in [-0.15, -0.1) is 10.2 Å². The van der Waals surface area contributed by atoms with Crippen molar-refractivity contribution in [3.05, 3.63) is 0 Å². The monoisotopic (exact) mass is 309 g/mol. The molecule has 2 aliphatic carbocycles. The van der Waals surface area contributed by atoms with Crippen LogP contribution in [0.15, 0.2) is 4.34 Å². The van der Waals surface area contributed by atoms with Gasteiger partial charge in [-0.2, -0.15) is 5.26 Å². The van der Waals surface area contributed by atoms with E-state index in [9.17, 15) is 5.26 Å². The van der Waals surface area contributed by atoms with Gasteiger partial charge in [0.05, 0.1) is 6.07 Å². The lowest BCUT2D eigenvalue weighted by molar-refractivity contribution is 0.401. The van der Waals surface area contributed by atoms with Crippen LogP contribution in [0.4, 0.5) is 5.13 Å². The van der Waals surface area contributed by atoms with E-state index in [1.165, 1.54) is 25.7 Å². The maximum atomic E-state index is 9.67. The minimum Gasteiger partial charge on any atom is -0.353 e. The summed E-state index contributed by atoms with van der Waals surface area (Å²) in [6.45, 7) is 0. The second kappa shape index (κ2) is 5.51. The fraction of sp³-hybridized carbons (Fsp3) is 0.769. The molecule has 108 valence electrons. The molecule has 1 N–H and O–H groups in total. The van der Waals surface area contributed by atoms with Gasteiger partial charge in [-0.3, -0.25) is 5.32 Å². The van der Waals surface area contributed by atoms with Crippen molar-refractivity contribution >= 4 is 28.2 Å². The number of nitrogens with zero attached hydrogens (tertiary/aromatic N) is 4. The smallest absolute Gasteiger partial charge is 0.208 e. The zero-order valence-corrected chi connectivity index (χ0v) is 13.4. The lowest BCUT2D eigenvalue weighted by Crippen LogP contribution is -2.49. The molecule has 3 rings (SSSR count). The third kappa shape index (κ3) is 3.08. The van der Waals surface area contributed by atoms with Crippen LogP contribution in [-0.2, 0) is 0 Å². The molecule has 0 amide bonds. The number of hydrogen-bond acceptors (Lipinski definition) is 7. The van der Waals surface area contributed by atoms with Crippen LogP contribution in [0.1, 0.15) is 25.7 Å². The summed E-state index contributed by atoms with van der Waals surface area (Å²) in [5.41, 5.74) is -0.365. The zero-order valence-electron chi connectivity index (χ0n) is 11.8. The van der Waals surface area contributed by atoms with Crippen molar-refractivity contribution in [2.24, 2.45) is 5.92 Å². The first-order chi connectivity index (χ1) is 9.63. The van der Waals surface area contributed by atoms with Gasteiger partial charge in [-0.25, -0.2) is 0 Å². The van der Waals surface area contributed by atoms with Crippen molar-refractivity contribution in [1.82, 2.24) is 15.5 Å². The first-order valence-corrected chi connectivity index (χ1v) is 8.76. The topological polar surface area (TPSA) is 64.8 Å². The first kappa shape index (κ1) is 14.1. The molecule has 2 saturated carbocycles. The molecule has 0 bridgehead atoms. The number of hydrogen-bond donors (Lipinski definition) is 1. The highest BCUT2D eigenvalue weighted by atomic mass is 32.2. The lowest BCUT2D eigenvalue weighted by Gasteiger charge is -2.27. The van der Waals surface area contributed by atoms with Gasteiger partial charge in [-0.05, 0) is 31.6 Å². The summed E-state index contributed by atoms with van der Waals surface area (Å²) < 4.78 is 0.951. The standard InChI is InChI=1S/C13H19N5S2/c1-18(2)11-16-17-12(20-11)19-8-13(7-14,9-3-4-9)15-10-5-6-10/h9-10,15H,3-6,8H2,1-2H3. The predicted octanol–water partition coefficient (Wildman–Crippen LogP) is 2.12. The van der Waals surface area contributed by atoms with Crippen LogP contribution in [0.25, 0.3) is 0 Å². The van der Waals surface area contributed by atoms with E-state index in [1.54, 1.807) is 23.1 Å². The predicted molar refractivity (Wildman–Crippen MR) is 82.2 cm³/mol. The van der Waals surface area contributed by atoms with Gasteiger partial charge >= 0.3 is 0 Å². The van der Waals surface area contributed by atoms with E-state index in [0.29, 0.717) is 12.0 Å². The molecule has 1 aromatic heterocycles. The molecule has 20 heavy (non-hydrogen) atoms. The van der Waals surface area contributed by atoms with Gasteiger partial charge in [0.2, 0.25) is 5.13 Å². The fourth-order valence-corrected chi connectivity index (χ4v) is 4.19. The highest BCUT2D eigenvalue weighted by Gasteiger charge is 2.48. The van der Waals surface area contributed by atoms with E-state index in [1.807, 2.05) is 19.0 Å². The molecule has 0 radical (unpaired) electrons. The van der Waals surface area contributed by atoms with Crippen molar-refractivity contribution in [2.45, 2.75) is 41.6 Å². The number of nitrogens with one attached hydrogen (secondary N) is 1. The molecule has 1 unspecified atom stereocenters. The maximum absolute atomic E-state index is 9.67. The van der Waals surface area contributed by atoms with E-state index >= 15 is 0 Å². The lowest BCUT2D eigenvalue weighted by atomic mass is 9.97. The summed E-state index contributed by atoms with van der Waals surface area (Å²) in [4.78, 5) is 1.96. The Kier molecular flexibility index (Phi) is 3.89. The van der Waals surface area contributed by atoms with Crippen LogP contribution >= 0.6 is 23.1 Å². The fourth-order valence-electron chi connectivity index (χ4n) is 2.22. The minimum atomic E-state index is -0.365. The number of rotatable bonds is 7. The molecular weight excluding hydrogens is 290 g/mol. The van der Waals surface area contributed by atoms with Crippen LogP contribution in [0.2, 0.25) is 0 Å². The van der Waals surface area contributed by atoms with E-state index in [2.05, 4.69) is 21.6 Å². The molecule has 1 atom stereocenters. The second-order valence-electron chi connectivity index (χ2n) is 5.81. The summed E-state index contributed by atoms with van der Waals surface area (Å²) in [5, 5.41) is 22.5. The molecule has 0 aliphatic heterocycles. The zero-order chi connectivity index (χ0) is 14.2. The highest BCUT2D eigenvalue weighted by molar-refractivity contribution is 8.01. The Labute approximate surface area is 127 Å². The normalized spacial score (nSPS) is 21.2. The largest absolute Gasteiger partial charge is 0.353 e. The third-order valence-electron chi connectivity index (χ3n) is 3.71. The molecule has 1 aromatic rings. The third-order valence-corrected chi connectivity index (χ3v) is 6.13. The van der Waals surface area contributed by atoms with Gasteiger partial charge in [0.15, 0.2) is 4.34 Å². The van der Waals surface area contributed by atoms with E-state index < -0.39 is 0 Å². The average Bonchev–Trinajstić information content (AvgIpc) is 3.34. The van der Waals surface area contributed by atoms with E-state index in [-0.39, 0.29) is 5.54 Å². The molecule has 7 heteroatoms. The SMILES string of the molecule is CN(C)c1nnc(SCC(C#N)(NC2CC2)C2CC2)s1. The molecule has 0 aromatic carbocycles. The number of nitriles is 1. The number of anilines is 1. The summed E-state index contributed by atoms with van der Waals surface area (Å²) in [6.07, 6.45) is 4.77. The first-order valence-electron chi connectivity index (χ1n) is 6.95. The maximum Gasteiger partial charge on any atom is 0.208 e. The molecular formula is C13H19N5S2. The van der Waals surface area contributed by atoms with Crippen LogP contribution < -0.4 is 10.2 Å². The number of aromatic nitrogens is 2. The summed E-state index contributed by atoms with van der Waals surface area (Å²) in [6, 6.07) is 3.12. The molecule has 2 fully saturated rings. The van der Waals surface area contributed by atoms with Crippen molar-refractivity contribution < 1.29 is 0 Å². The van der Waals surface area contributed by atoms with Crippen molar-refractivity contribution in [3.8, 4) is 6.07 Å². The minimum absolute atomic E-state index is 0.365. The average molecular weight is 309 g/mol. The van der Waals surface area contributed by atoms with Gasteiger partial charge in [0, 0.05) is 25.9 Å². The van der Waals surface area contributed by atoms with Gasteiger partial charge < -0.3 is 4.90 Å². The Hall–Kier alpha value is -0.840. The molecule has 2 aliphatic rings. The Morgan fingerprint density at radius 3 is 2.65 bits per heavy atom. The molecule has 0 saturated heterocycles. The summed E-state index contributed by atoms with van der Waals surface area (Å²) >= 11 is 3.25. The van der Waals surface area contributed by atoms with Gasteiger partial charge in [0.1, 0.15) is 5.54 Å². The van der Waals surface area contributed by atoms with Crippen molar-refractivity contribution in [3.63, 3.8) is 0 Å². The van der Waals surface area contributed by atoms with E-state index in [0.717, 1.165) is 15.2 Å². The second-order valence-corrected chi connectivity index (χ2v) is 7.99. The van der Waals surface area contributed by atoms with Crippen LogP contribution in [0.3, 0.4) is 0 Å². The Morgan fingerprint density at radius 2 is 2.15 bits per heavy atom. The molecule has 1 heterocycles. The summed E-state index contributed by atoms with van der Waals surface area (Å²) in [5.74, 6) is 1.29. The van der Waals surface area contributed by atoms with Crippen LogP contribution in [0, 0.1) is 17.2 Å². The molecule has 5 nitrogen and oxygen atoms in total. The van der Waals surface area contributed by atoms with Gasteiger partial charge in [0.25, 0.3) is 0 Å². The quantitative estimate of drug-likeness (QED) is 0.778. The Bertz CT molecular complexity index is 515. The Balaban J connectivity index is 1.65. The molecule has 0 spiro atoms. The van der Waals surface area contributed by atoms with Crippen LogP contribution in [0.5, 0.6) is 0 Å². The van der Waals surface area contributed by atoms with Crippen molar-refractivity contribution in [2.75, 3.05) is 24.7 Å². The van der Waals surface area contributed by atoms with Crippen LogP contribution in [-0.4, -0.2) is 41.6 Å². The highest BCUT2D eigenvalue weighted by Crippen LogP contribution is 2.44.